The second kappa shape index (κ2) is 9.41. The van der Waals surface area contributed by atoms with Crippen LogP contribution >= 0.6 is 0 Å². The molecule has 0 spiro atoms. The molecule has 154 valence electrons. The van der Waals surface area contributed by atoms with Crippen LogP contribution in [-0.2, 0) is 4.79 Å². The molecule has 7 nitrogen and oxygen atoms in total. The lowest BCUT2D eigenvalue weighted by atomic mass is 10.2. The van der Waals surface area contributed by atoms with E-state index in [1.165, 1.54) is 6.08 Å². The summed E-state index contributed by atoms with van der Waals surface area (Å²) < 4.78 is 12.7. The summed E-state index contributed by atoms with van der Waals surface area (Å²) >= 11 is 0. The van der Waals surface area contributed by atoms with Crippen LogP contribution in [0, 0.1) is 0 Å². The van der Waals surface area contributed by atoms with Gasteiger partial charge in [0.05, 0.1) is 7.11 Å². The van der Waals surface area contributed by atoms with Crippen molar-refractivity contribution in [3.05, 3.63) is 96.8 Å². The molecular weight excluding hydrogens is 392 g/mol. The lowest BCUT2D eigenvalue weighted by molar-refractivity contribution is -0.111. The van der Waals surface area contributed by atoms with Crippen molar-refractivity contribution in [2.24, 2.45) is 0 Å². The summed E-state index contributed by atoms with van der Waals surface area (Å²) in [4.78, 5) is 12.1. The number of carbonyl (C=O) groups is 1. The number of hydrogen-bond donors (Lipinski definition) is 1. The molecule has 0 unspecified atom stereocenters. The summed E-state index contributed by atoms with van der Waals surface area (Å²) in [7, 11) is 1.61. The van der Waals surface area contributed by atoms with Crippen LogP contribution in [0.15, 0.2) is 91.3 Å². The van der Waals surface area contributed by atoms with Crippen molar-refractivity contribution in [3.63, 3.8) is 0 Å². The molecule has 0 bridgehead atoms. The Balaban J connectivity index is 1.32. The molecule has 1 amide bonds. The quantitative estimate of drug-likeness (QED) is 0.445. The third kappa shape index (κ3) is 5.36. The van der Waals surface area contributed by atoms with Crippen molar-refractivity contribution < 1.29 is 14.3 Å². The third-order valence-corrected chi connectivity index (χ3v) is 4.38. The Morgan fingerprint density at radius 1 is 0.903 bits per heavy atom. The number of nitrogens with zero attached hydrogens (tertiary/aromatic N) is 3. The summed E-state index contributed by atoms with van der Waals surface area (Å²) in [6.45, 7) is 0. The number of nitrogens with one attached hydrogen (secondary N) is 1. The second-order valence-electron chi connectivity index (χ2n) is 6.54. The van der Waals surface area contributed by atoms with E-state index in [-0.39, 0.29) is 5.91 Å². The Labute approximate surface area is 179 Å². The number of aromatic nitrogens is 3. The van der Waals surface area contributed by atoms with Crippen LogP contribution in [0.1, 0.15) is 5.56 Å². The largest absolute Gasteiger partial charge is 0.497 e. The maximum Gasteiger partial charge on any atom is 0.248 e. The highest BCUT2D eigenvalue weighted by Gasteiger charge is 2.03. The summed E-state index contributed by atoms with van der Waals surface area (Å²) in [6.07, 6.45) is 7.00. The first-order valence-corrected chi connectivity index (χ1v) is 9.58. The van der Waals surface area contributed by atoms with Crippen molar-refractivity contribution in [1.29, 1.82) is 0 Å². The van der Waals surface area contributed by atoms with Crippen LogP contribution in [0.25, 0.3) is 11.9 Å². The highest BCUT2D eigenvalue weighted by atomic mass is 16.5. The zero-order valence-electron chi connectivity index (χ0n) is 16.8. The van der Waals surface area contributed by atoms with Gasteiger partial charge in [-0.15, -0.1) is 10.2 Å². The SMILES string of the molecule is COc1ccc(/C=C/C(=O)Nc2ccc(Oc3ccc(-n4cccc4)nn3)cc2)cc1. The Morgan fingerprint density at radius 2 is 1.61 bits per heavy atom. The molecule has 2 heterocycles. The summed E-state index contributed by atoms with van der Waals surface area (Å²) in [5.74, 6) is 2.23. The van der Waals surface area contributed by atoms with E-state index in [0.29, 0.717) is 23.1 Å². The smallest absolute Gasteiger partial charge is 0.248 e. The van der Waals surface area contributed by atoms with E-state index < -0.39 is 0 Å². The number of hydrogen-bond acceptors (Lipinski definition) is 5. The normalized spacial score (nSPS) is 10.7. The summed E-state index contributed by atoms with van der Waals surface area (Å²) in [5.41, 5.74) is 1.56. The molecule has 0 radical (unpaired) electrons. The van der Waals surface area contributed by atoms with Gasteiger partial charge in [0.1, 0.15) is 11.5 Å². The highest BCUT2D eigenvalue weighted by molar-refractivity contribution is 6.01. The first kappa shape index (κ1) is 19.9. The number of carbonyl (C=O) groups excluding carboxylic acids is 1. The van der Waals surface area contributed by atoms with Gasteiger partial charge < -0.3 is 19.4 Å². The standard InChI is InChI=1S/C24H20N4O3/c1-30-20-9-4-18(5-10-20)6-14-23(29)25-19-7-11-21(12-8-19)31-24-15-13-22(26-27-24)28-16-2-3-17-28/h2-17H,1H3,(H,25,29)/b14-6+. The van der Waals surface area contributed by atoms with E-state index in [2.05, 4.69) is 15.5 Å². The van der Waals surface area contributed by atoms with Crippen LogP contribution in [0.2, 0.25) is 0 Å². The molecule has 2 aromatic heterocycles. The summed E-state index contributed by atoms with van der Waals surface area (Å²) in [5, 5.41) is 11.0. The molecule has 4 rings (SSSR count). The number of methoxy groups -OCH3 is 1. The molecule has 0 aliphatic carbocycles. The molecule has 7 heteroatoms. The molecule has 0 atom stereocenters. The molecule has 0 fully saturated rings. The lowest BCUT2D eigenvalue weighted by Crippen LogP contribution is -2.07. The summed E-state index contributed by atoms with van der Waals surface area (Å²) in [6, 6.07) is 21.9. The van der Waals surface area contributed by atoms with Gasteiger partial charge in [-0.25, -0.2) is 0 Å². The predicted molar refractivity (Wildman–Crippen MR) is 119 cm³/mol. The van der Waals surface area contributed by atoms with E-state index in [9.17, 15) is 4.79 Å². The van der Waals surface area contributed by atoms with Gasteiger partial charge in [0.2, 0.25) is 11.8 Å². The molecule has 31 heavy (non-hydrogen) atoms. The monoisotopic (exact) mass is 412 g/mol. The van der Waals surface area contributed by atoms with Crippen molar-refractivity contribution in [1.82, 2.24) is 14.8 Å². The number of ether oxygens (including phenoxy) is 2. The first-order valence-electron chi connectivity index (χ1n) is 9.58. The fourth-order valence-electron chi connectivity index (χ4n) is 2.79. The molecule has 2 aromatic carbocycles. The van der Waals surface area contributed by atoms with Crippen molar-refractivity contribution >= 4 is 17.7 Å². The first-order chi connectivity index (χ1) is 15.2. The number of benzene rings is 2. The van der Waals surface area contributed by atoms with E-state index in [1.54, 1.807) is 43.5 Å². The Hall–Kier alpha value is -4.39. The number of amides is 1. The molecule has 4 aromatic rings. The molecule has 0 aliphatic rings. The maximum atomic E-state index is 12.1. The second-order valence-corrected chi connectivity index (χ2v) is 6.54. The van der Waals surface area contributed by atoms with Gasteiger partial charge in [-0.2, -0.15) is 0 Å². The van der Waals surface area contributed by atoms with Crippen molar-refractivity contribution in [2.75, 3.05) is 12.4 Å². The van der Waals surface area contributed by atoms with Crippen LogP contribution in [-0.4, -0.2) is 27.8 Å². The third-order valence-electron chi connectivity index (χ3n) is 4.38. The molecule has 0 saturated heterocycles. The fourth-order valence-corrected chi connectivity index (χ4v) is 2.79. The van der Waals surface area contributed by atoms with Crippen molar-refractivity contribution in [2.45, 2.75) is 0 Å². The molecular formula is C24H20N4O3. The average molecular weight is 412 g/mol. The van der Waals surface area contributed by atoms with Crippen LogP contribution in [0.4, 0.5) is 5.69 Å². The van der Waals surface area contributed by atoms with E-state index in [4.69, 9.17) is 9.47 Å². The van der Waals surface area contributed by atoms with Gasteiger partial charge in [-0.1, -0.05) is 12.1 Å². The minimum Gasteiger partial charge on any atom is -0.497 e. The van der Waals surface area contributed by atoms with Crippen molar-refractivity contribution in [3.8, 4) is 23.2 Å². The highest BCUT2D eigenvalue weighted by Crippen LogP contribution is 2.21. The zero-order chi connectivity index (χ0) is 21.5. The van der Waals surface area contributed by atoms with Gasteiger partial charge in [-0.05, 0) is 66.2 Å². The van der Waals surface area contributed by atoms with E-state index in [1.807, 2.05) is 59.4 Å². The average Bonchev–Trinajstić information content (AvgIpc) is 3.35. The predicted octanol–water partition coefficient (Wildman–Crippen LogP) is 4.72. The fraction of sp³-hybridized carbons (Fsp3) is 0.0417. The molecule has 1 N–H and O–H groups in total. The van der Waals surface area contributed by atoms with Gasteiger partial charge in [0, 0.05) is 30.2 Å². The lowest BCUT2D eigenvalue weighted by Gasteiger charge is -2.07. The van der Waals surface area contributed by atoms with Gasteiger partial charge >= 0.3 is 0 Å². The minimum absolute atomic E-state index is 0.226. The van der Waals surface area contributed by atoms with Gasteiger partial charge in [-0.3, -0.25) is 4.79 Å². The topological polar surface area (TPSA) is 78.3 Å². The molecule has 0 saturated carbocycles. The number of anilines is 1. The van der Waals surface area contributed by atoms with Crippen LogP contribution < -0.4 is 14.8 Å². The van der Waals surface area contributed by atoms with Crippen LogP contribution in [0.5, 0.6) is 17.4 Å². The van der Waals surface area contributed by atoms with E-state index >= 15 is 0 Å². The minimum atomic E-state index is -0.226. The van der Waals surface area contributed by atoms with Gasteiger partial charge in [0.25, 0.3) is 0 Å². The van der Waals surface area contributed by atoms with Gasteiger partial charge in [0.15, 0.2) is 5.82 Å². The zero-order valence-corrected chi connectivity index (χ0v) is 16.8. The van der Waals surface area contributed by atoms with Crippen LogP contribution in [0.3, 0.4) is 0 Å². The Kier molecular flexibility index (Phi) is 6.04. The molecule has 0 aliphatic heterocycles. The Bertz CT molecular complexity index is 1150. The van der Waals surface area contributed by atoms with E-state index in [0.717, 1.165) is 11.3 Å². The maximum absolute atomic E-state index is 12.1. The number of rotatable bonds is 7. The Morgan fingerprint density at radius 3 is 2.26 bits per heavy atom.